The lowest BCUT2D eigenvalue weighted by molar-refractivity contribution is -0.142. The fourth-order valence-electron chi connectivity index (χ4n) is 2.52. The summed E-state index contributed by atoms with van der Waals surface area (Å²) in [5, 5.41) is 20.7. The smallest absolute Gasteiger partial charge is 0.320 e. The lowest BCUT2D eigenvalue weighted by atomic mass is 10.2. The average Bonchev–Trinajstić information content (AvgIpc) is 2.94. The van der Waals surface area contributed by atoms with Gasteiger partial charge in [0.25, 0.3) is 0 Å². The minimum Gasteiger partial charge on any atom is -0.480 e. The van der Waals surface area contributed by atoms with Gasteiger partial charge in [0, 0.05) is 13.0 Å². The highest BCUT2D eigenvalue weighted by atomic mass is 16.4. The summed E-state index contributed by atoms with van der Waals surface area (Å²) in [6, 6.07) is 8.32. The number of hydrogen-bond donors (Lipinski definition) is 2. The number of nitrogens with one attached hydrogen (secondary N) is 1. The molecule has 1 unspecified atom stereocenters. The first-order chi connectivity index (χ1) is 10.1. The standard InChI is InChI=1S/C15H17N3O3/c16-10-11-4-1-2-5-12(11)17-14(19)7-9-18-8-3-6-13(18)15(20)21/h1-2,4-5,13H,3,6-9H2,(H,17,19)(H,20,21). The van der Waals surface area contributed by atoms with Crippen LogP contribution in [-0.2, 0) is 9.59 Å². The van der Waals surface area contributed by atoms with E-state index in [1.807, 2.05) is 11.0 Å². The number of hydrogen-bond acceptors (Lipinski definition) is 4. The SMILES string of the molecule is N#Cc1ccccc1NC(=O)CCN1CCCC1C(=O)O. The molecule has 1 aliphatic heterocycles. The summed E-state index contributed by atoms with van der Waals surface area (Å²) in [6.07, 6.45) is 1.69. The first-order valence-electron chi connectivity index (χ1n) is 6.87. The zero-order valence-electron chi connectivity index (χ0n) is 11.6. The Bertz CT molecular complexity index is 580. The third kappa shape index (κ3) is 3.80. The van der Waals surface area contributed by atoms with Gasteiger partial charge in [-0.1, -0.05) is 12.1 Å². The Morgan fingerprint density at radius 3 is 2.90 bits per heavy atom. The number of carboxylic acid groups (broad SMARTS) is 1. The van der Waals surface area contributed by atoms with Crippen molar-refractivity contribution in [2.24, 2.45) is 0 Å². The summed E-state index contributed by atoms with van der Waals surface area (Å²) in [4.78, 5) is 24.8. The van der Waals surface area contributed by atoms with Crippen molar-refractivity contribution in [1.29, 1.82) is 5.26 Å². The summed E-state index contributed by atoms with van der Waals surface area (Å²) in [5.74, 6) is -1.04. The molecular formula is C15H17N3O3. The summed E-state index contributed by atoms with van der Waals surface area (Å²) < 4.78 is 0. The second kappa shape index (κ2) is 6.86. The van der Waals surface area contributed by atoms with Gasteiger partial charge in [0.15, 0.2) is 0 Å². The van der Waals surface area contributed by atoms with Crippen molar-refractivity contribution in [3.05, 3.63) is 29.8 Å². The molecule has 110 valence electrons. The Morgan fingerprint density at radius 1 is 1.43 bits per heavy atom. The van der Waals surface area contributed by atoms with E-state index in [1.54, 1.807) is 24.3 Å². The van der Waals surface area contributed by atoms with Crippen molar-refractivity contribution in [2.45, 2.75) is 25.3 Å². The van der Waals surface area contributed by atoms with E-state index in [0.29, 0.717) is 30.8 Å². The van der Waals surface area contributed by atoms with Gasteiger partial charge in [0.2, 0.25) is 5.91 Å². The maximum atomic E-state index is 11.9. The van der Waals surface area contributed by atoms with Crippen LogP contribution in [-0.4, -0.2) is 41.0 Å². The van der Waals surface area contributed by atoms with Crippen LogP contribution >= 0.6 is 0 Å². The van der Waals surface area contributed by atoms with Gasteiger partial charge in [-0.05, 0) is 31.5 Å². The van der Waals surface area contributed by atoms with Crippen LogP contribution < -0.4 is 5.32 Å². The van der Waals surface area contributed by atoms with Crippen LogP contribution in [0.4, 0.5) is 5.69 Å². The summed E-state index contributed by atoms with van der Waals surface area (Å²) in [5.41, 5.74) is 0.900. The topological polar surface area (TPSA) is 93.4 Å². The van der Waals surface area contributed by atoms with E-state index in [2.05, 4.69) is 5.32 Å². The highest BCUT2D eigenvalue weighted by Crippen LogP contribution is 2.18. The Balaban J connectivity index is 1.88. The molecule has 1 atom stereocenters. The Kier molecular flexibility index (Phi) is 4.90. The zero-order valence-corrected chi connectivity index (χ0v) is 11.6. The minimum absolute atomic E-state index is 0.212. The number of carbonyl (C=O) groups is 2. The molecule has 1 heterocycles. The van der Waals surface area contributed by atoms with Crippen molar-refractivity contribution in [3.63, 3.8) is 0 Å². The van der Waals surface area contributed by atoms with Crippen molar-refractivity contribution in [1.82, 2.24) is 4.90 Å². The molecule has 0 aromatic heterocycles. The van der Waals surface area contributed by atoms with E-state index in [1.165, 1.54) is 0 Å². The molecule has 0 aliphatic carbocycles. The van der Waals surface area contributed by atoms with Gasteiger partial charge < -0.3 is 10.4 Å². The molecule has 0 spiro atoms. The number of rotatable bonds is 5. The second-order valence-electron chi connectivity index (χ2n) is 4.99. The van der Waals surface area contributed by atoms with Gasteiger partial charge in [-0.25, -0.2) is 0 Å². The molecule has 0 radical (unpaired) electrons. The van der Waals surface area contributed by atoms with E-state index >= 15 is 0 Å². The molecule has 1 amide bonds. The maximum Gasteiger partial charge on any atom is 0.320 e. The zero-order chi connectivity index (χ0) is 15.2. The van der Waals surface area contributed by atoms with Crippen molar-refractivity contribution in [3.8, 4) is 6.07 Å². The van der Waals surface area contributed by atoms with Crippen LogP contribution in [0.2, 0.25) is 0 Å². The van der Waals surface area contributed by atoms with Crippen LogP contribution in [0.1, 0.15) is 24.8 Å². The quantitative estimate of drug-likeness (QED) is 0.854. The van der Waals surface area contributed by atoms with Crippen LogP contribution in [0.5, 0.6) is 0 Å². The number of likely N-dealkylation sites (tertiary alicyclic amines) is 1. The summed E-state index contributed by atoms with van der Waals surface area (Å²) in [6.45, 7) is 1.12. The third-order valence-corrected chi connectivity index (χ3v) is 3.60. The van der Waals surface area contributed by atoms with E-state index < -0.39 is 12.0 Å². The number of aliphatic carboxylic acids is 1. The van der Waals surface area contributed by atoms with Gasteiger partial charge in [-0.15, -0.1) is 0 Å². The van der Waals surface area contributed by atoms with Gasteiger partial charge in [-0.3, -0.25) is 14.5 Å². The number of carbonyl (C=O) groups excluding carboxylic acids is 1. The lowest BCUT2D eigenvalue weighted by Gasteiger charge is -2.20. The first kappa shape index (κ1) is 15.0. The molecule has 1 aliphatic rings. The molecule has 1 aromatic rings. The van der Waals surface area contributed by atoms with E-state index in [9.17, 15) is 9.59 Å². The molecule has 2 N–H and O–H groups in total. The van der Waals surface area contributed by atoms with E-state index in [-0.39, 0.29) is 12.3 Å². The number of carboxylic acids is 1. The number of para-hydroxylation sites is 1. The van der Waals surface area contributed by atoms with Crippen molar-refractivity contribution < 1.29 is 14.7 Å². The van der Waals surface area contributed by atoms with Crippen molar-refractivity contribution >= 4 is 17.6 Å². The Morgan fingerprint density at radius 2 is 2.19 bits per heavy atom. The average molecular weight is 287 g/mol. The van der Waals surface area contributed by atoms with Gasteiger partial charge >= 0.3 is 5.97 Å². The van der Waals surface area contributed by atoms with Crippen LogP contribution in [0.25, 0.3) is 0 Å². The second-order valence-corrected chi connectivity index (χ2v) is 4.99. The summed E-state index contributed by atoms with van der Waals surface area (Å²) >= 11 is 0. The Labute approximate surface area is 123 Å². The largest absolute Gasteiger partial charge is 0.480 e. The highest BCUT2D eigenvalue weighted by Gasteiger charge is 2.30. The number of benzene rings is 1. The normalized spacial score (nSPS) is 18.1. The van der Waals surface area contributed by atoms with Gasteiger partial charge in [0.1, 0.15) is 12.1 Å². The van der Waals surface area contributed by atoms with Gasteiger partial charge in [-0.2, -0.15) is 5.26 Å². The minimum atomic E-state index is -0.831. The van der Waals surface area contributed by atoms with Crippen LogP contribution in [0, 0.1) is 11.3 Å². The van der Waals surface area contributed by atoms with Gasteiger partial charge in [0.05, 0.1) is 11.3 Å². The first-order valence-corrected chi connectivity index (χ1v) is 6.87. The molecule has 1 aromatic carbocycles. The monoisotopic (exact) mass is 287 g/mol. The van der Waals surface area contributed by atoms with E-state index in [4.69, 9.17) is 10.4 Å². The molecule has 2 rings (SSSR count). The fourth-order valence-corrected chi connectivity index (χ4v) is 2.52. The number of anilines is 1. The Hall–Kier alpha value is -2.39. The summed E-state index contributed by atoms with van der Waals surface area (Å²) in [7, 11) is 0. The molecule has 1 saturated heterocycles. The highest BCUT2D eigenvalue weighted by molar-refractivity contribution is 5.92. The molecule has 0 bridgehead atoms. The maximum absolute atomic E-state index is 11.9. The molecule has 0 saturated carbocycles. The van der Waals surface area contributed by atoms with Crippen LogP contribution in [0.3, 0.4) is 0 Å². The molecule has 1 fully saturated rings. The molecule has 6 nitrogen and oxygen atoms in total. The van der Waals surface area contributed by atoms with Crippen molar-refractivity contribution in [2.75, 3.05) is 18.4 Å². The number of nitriles is 1. The van der Waals surface area contributed by atoms with Crippen LogP contribution in [0.15, 0.2) is 24.3 Å². The predicted molar refractivity (Wildman–Crippen MR) is 76.6 cm³/mol. The lowest BCUT2D eigenvalue weighted by Crippen LogP contribution is -2.37. The number of nitrogens with zero attached hydrogens (tertiary/aromatic N) is 2. The van der Waals surface area contributed by atoms with E-state index in [0.717, 1.165) is 6.42 Å². The number of amides is 1. The fraction of sp³-hybridized carbons (Fsp3) is 0.400. The molecule has 6 heteroatoms. The predicted octanol–water partition coefficient (Wildman–Crippen LogP) is 1.44. The third-order valence-electron chi connectivity index (χ3n) is 3.60. The molecule has 21 heavy (non-hydrogen) atoms. The molecular weight excluding hydrogens is 270 g/mol.